The van der Waals surface area contributed by atoms with E-state index in [9.17, 15) is 0 Å². The van der Waals surface area contributed by atoms with Crippen molar-refractivity contribution in [1.29, 1.82) is 0 Å². The maximum absolute atomic E-state index is 7.00. The molecule has 0 bridgehead atoms. The fourth-order valence-corrected chi connectivity index (χ4v) is 2.44. The second-order valence-corrected chi connectivity index (χ2v) is 5.43. The Hall–Kier alpha value is -0.0400. The summed E-state index contributed by atoms with van der Waals surface area (Å²) in [5.41, 5.74) is 0. The molecule has 0 aliphatic heterocycles. The molecule has 0 atom stereocenters. The van der Waals surface area contributed by atoms with Gasteiger partial charge in [0.15, 0.2) is 0 Å². The zero-order chi connectivity index (χ0) is 13.5. The van der Waals surface area contributed by atoms with E-state index >= 15 is 0 Å². The van der Waals surface area contributed by atoms with Crippen molar-refractivity contribution in [2.75, 3.05) is 7.11 Å². The normalized spacial score (nSPS) is 15.7. The molecule has 0 heterocycles. The van der Waals surface area contributed by atoms with Crippen LogP contribution in [-0.4, -0.2) is 12.2 Å². The Labute approximate surface area is 110 Å². The fraction of sp³-hybridized carbons (Fsp3) is 1.00. The van der Waals surface area contributed by atoms with Crippen molar-refractivity contribution in [3.63, 3.8) is 0 Å². The van der Waals surface area contributed by atoms with Crippen LogP contribution in [0, 0.1) is 11.8 Å². The third-order valence-electron chi connectivity index (χ3n) is 3.46. The minimum absolute atomic E-state index is 0.963. The van der Waals surface area contributed by atoms with Crippen molar-refractivity contribution >= 4 is 0 Å². The van der Waals surface area contributed by atoms with Gasteiger partial charge in [-0.05, 0) is 11.8 Å². The Balaban J connectivity index is 0. The topological polar surface area (TPSA) is 20.2 Å². The Bertz CT molecular complexity index is 111. The zero-order valence-electron chi connectivity index (χ0n) is 13.0. The molecule has 1 saturated carbocycles. The van der Waals surface area contributed by atoms with Gasteiger partial charge in [-0.25, -0.2) is 0 Å². The second-order valence-electron chi connectivity index (χ2n) is 5.43. The van der Waals surface area contributed by atoms with Crippen LogP contribution in [0.3, 0.4) is 0 Å². The largest absolute Gasteiger partial charge is 0.400 e. The van der Waals surface area contributed by atoms with E-state index in [-0.39, 0.29) is 0 Å². The standard InChI is InChI=1S/C8H18.C7H14.CH4O/c1-4-6-8(3)7-5-2;1-7-5-3-2-4-6-7;1-2/h8H,4-7H2,1-3H3;7H,2-6H2,1H3;2H,1H3. The van der Waals surface area contributed by atoms with Crippen LogP contribution in [0.25, 0.3) is 0 Å². The Kier molecular flexibility index (Phi) is 18.1. The molecule has 1 heteroatoms. The summed E-state index contributed by atoms with van der Waals surface area (Å²) in [6.45, 7) is 9.21. The van der Waals surface area contributed by atoms with Gasteiger partial charge in [-0.15, -0.1) is 0 Å². The molecule has 0 amide bonds. The number of hydrogen-bond acceptors (Lipinski definition) is 1. The van der Waals surface area contributed by atoms with Gasteiger partial charge in [-0.3, -0.25) is 0 Å². The summed E-state index contributed by atoms with van der Waals surface area (Å²) in [6.07, 6.45) is 13.0. The molecule has 1 N–H and O–H groups in total. The Morgan fingerprint density at radius 3 is 1.59 bits per heavy atom. The average Bonchev–Trinajstić information content (AvgIpc) is 2.34. The lowest BCUT2D eigenvalue weighted by molar-refractivity contribution is 0.385. The van der Waals surface area contributed by atoms with E-state index in [0.717, 1.165) is 18.9 Å². The van der Waals surface area contributed by atoms with Crippen molar-refractivity contribution in [3.8, 4) is 0 Å². The van der Waals surface area contributed by atoms with Crippen LogP contribution in [0.15, 0.2) is 0 Å². The first-order valence-corrected chi connectivity index (χ1v) is 7.65. The van der Waals surface area contributed by atoms with E-state index in [1.54, 1.807) is 0 Å². The molecule has 0 saturated heterocycles. The second kappa shape index (κ2) is 16.0. The number of rotatable bonds is 4. The first-order valence-electron chi connectivity index (χ1n) is 7.65. The monoisotopic (exact) mass is 244 g/mol. The average molecular weight is 244 g/mol. The predicted octanol–water partition coefficient (Wildman–Crippen LogP) is 5.42. The minimum Gasteiger partial charge on any atom is -0.400 e. The van der Waals surface area contributed by atoms with Crippen LogP contribution in [0.2, 0.25) is 0 Å². The molecule has 0 spiro atoms. The van der Waals surface area contributed by atoms with Crippen LogP contribution < -0.4 is 0 Å². The fourth-order valence-electron chi connectivity index (χ4n) is 2.44. The highest BCUT2D eigenvalue weighted by atomic mass is 16.2. The molecule has 106 valence electrons. The van der Waals surface area contributed by atoms with E-state index in [1.165, 1.54) is 57.8 Å². The first-order chi connectivity index (χ1) is 8.20. The van der Waals surface area contributed by atoms with Gasteiger partial charge in [0.1, 0.15) is 0 Å². The molecule has 1 nitrogen and oxygen atoms in total. The highest BCUT2D eigenvalue weighted by molar-refractivity contribution is 4.59. The van der Waals surface area contributed by atoms with Gasteiger partial charge in [-0.1, -0.05) is 85.5 Å². The minimum atomic E-state index is 0.963. The molecule has 0 aromatic heterocycles. The molecule has 0 aromatic carbocycles. The summed E-state index contributed by atoms with van der Waals surface area (Å²) >= 11 is 0. The van der Waals surface area contributed by atoms with Gasteiger partial charge in [0, 0.05) is 7.11 Å². The van der Waals surface area contributed by atoms with Crippen molar-refractivity contribution in [2.45, 2.75) is 85.5 Å². The summed E-state index contributed by atoms with van der Waals surface area (Å²) < 4.78 is 0. The predicted molar refractivity (Wildman–Crippen MR) is 79.4 cm³/mol. The molecule has 0 aromatic rings. The summed E-state index contributed by atoms with van der Waals surface area (Å²) in [5.74, 6) is 2.00. The molecular weight excluding hydrogens is 208 g/mol. The molecule has 0 unspecified atom stereocenters. The molecule has 0 radical (unpaired) electrons. The zero-order valence-corrected chi connectivity index (χ0v) is 13.0. The van der Waals surface area contributed by atoms with Crippen molar-refractivity contribution in [3.05, 3.63) is 0 Å². The third kappa shape index (κ3) is 16.0. The lowest BCUT2D eigenvalue weighted by atomic mass is 9.91. The highest BCUT2D eigenvalue weighted by Crippen LogP contribution is 2.22. The van der Waals surface area contributed by atoms with E-state index in [0.29, 0.717) is 0 Å². The summed E-state index contributed by atoms with van der Waals surface area (Å²) in [5, 5.41) is 7.00. The molecule has 1 aliphatic rings. The van der Waals surface area contributed by atoms with Crippen molar-refractivity contribution < 1.29 is 5.11 Å². The maximum Gasteiger partial charge on any atom is 0.0319 e. The third-order valence-corrected chi connectivity index (χ3v) is 3.46. The van der Waals surface area contributed by atoms with Crippen LogP contribution >= 0.6 is 0 Å². The van der Waals surface area contributed by atoms with E-state index in [1.807, 2.05) is 0 Å². The summed E-state index contributed by atoms with van der Waals surface area (Å²) in [6, 6.07) is 0. The quantitative estimate of drug-likeness (QED) is 0.700. The smallest absolute Gasteiger partial charge is 0.0319 e. The molecule has 1 aliphatic carbocycles. The lowest BCUT2D eigenvalue weighted by Crippen LogP contribution is -1.99. The first kappa shape index (κ1) is 19.3. The van der Waals surface area contributed by atoms with Crippen LogP contribution in [0.1, 0.15) is 85.5 Å². The Morgan fingerprint density at radius 2 is 1.35 bits per heavy atom. The van der Waals surface area contributed by atoms with Crippen molar-refractivity contribution in [2.24, 2.45) is 11.8 Å². The van der Waals surface area contributed by atoms with E-state index in [4.69, 9.17) is 5.11 Å². The van der Waals surface area contributed by atoms with Gasteiger partial charge in [0.2, 0.25) is 0 Å². The summed E-state index contributed by atoms with van der Waals surface area (Å²) in [4.78, 5) is 0. The number of hydrogen-bond donors (Lipinski definition) is 1. The molecular formula is C16H36O. The van der Waals surface area contributed by atoms with Gasteiger partial charge in [0.25, 0.3) is 0 Å². The molecule has 17 heavy (non-hydrogen) atoms. The van der Waals surface area contributed by atoms with Gasteiger partial charge >= 0.3 is 0 Å². The van der Waals surface area contributed by atoms with Gasteiger partial charge in [-0.2, -0.15) is 0 Å². The van der Waals surface area contributed by atoms with E-state index in [2.05, 4.69) is 27.7 Å². The summed E-state index contributed by atoms with van der Waals surface area (Å²) in [7, 11) is 1.00. The van der Waals surface area contributed by atoms with Crippen LogP contribution in [0.5, 0.6) is 0 Å². The van der Waals surface area contributed by atoms with Crippen LogP contribution in [0.4, 0.5) is 0 Å². The van der Waals surface area contributed by atoms with Gasteiger partial charge < -0.3 is 5.11 Å². The highest BCUT2D eigenvalue weighted by Gasteiger charge is 2.05. The maximum atomic E-state index is 7.00. The SMILES string of the molecule is CC1CCCCC1.CCCC(C)CCC.CO. The number of aliphatic hydroxyl groups excluding tert-OH is 1. The molecule has 1 fully saturated rings. The van der Waals surface area contributed by atoms with Gasteiger partial charge in [0.05, 0.1) is 0 Å². The van der Waals surface area contributed by atoms with E-state index < -0.39 is 0 Å². The Morgan fingerprint density at radius 1 is 0.941 bits per heavy atom. The number of aliphatic hydroxyl groups is 1. The molecule has 1 rings (SSSR count). The van der Waals surface area contributed by atoms with Crippen molar-refractivity contribution in [1.82, 2.24) is 0 Å². The van der Waals surface area contributed by atoms with Crippen LogP contribution in [-0.2, 0) is 0 Å². The lowest BCUT2D eigenvalue weighted by Gasteiger charge is -2.15.